The Balaban J connectivity index is 0.000000146. The Morgan fingerprint density at radius 2 is 0.882 bits per heavy atom. The molecule has 34 heavy (non-hydrogen) atoms. The van der Waals surface area contributed by atoms with Crippen LogP contribution < -0.4 is 10.4 Å². The van der Waals surface area contributed by atoms with Crippen molar-refractivity contribution in [2.75, 3.05) is 0 Å². The van der Waals surface area contributed by atoms with Gasteiger partial charge in [0.25, 0.3) is 0 Å². The summed E-state index contributed by atoms with van der Waals surface area (Å²) in [4.78, 5) is 0. The van der Waals surface area contributed by atoms with Crippen LogP contribution >= 0.6 is 22.2 Å². The fraction of sp³-hybridized carbons (Fsp3) is 0.0667. The molecule has 0 radical (unpaired) electrons. The summed E-state index contributed by atoms with van der Waals surface area (Å²) >= 11 is 12.2. The Morgan fingerprint density at radius 3 is 1.32 bits per heavy atom. The van der Waals surface area contributed by atoms with Gasteiger partial charge in [-0.1, -0.05) is 60.7 Å². The quantitative estimate of drug-likeness (QED) is 0.159. The Labute approximate surface area is 223 Å². The van der Waals surface area contributed by atoms with E-state index in [0.29, 0.717) is 0 Å². The first-order chi connectivity index (χ1) is 16.6. The molecule has 2 unspecified atom stereocenters. The molecule has 0 aromatic heterocycles. The van der Waals surface area contributed by atoms with Gasteiger partial charge in [0.2, 0.25) is 0 Å². The second-order valence-electron chi connectivity index (χ2n) is 8.40. The number of hydrogen-bond acceptors (Lipinski definition) is 0. The van der Waals surface area contributed by atoms with Gasteiger partial charge in [-0.15, -0.1) is 22.2 Å². The molecule has 0 nitrogen and oxygen atoms in total. The van der Waals surface area contributed by atoms with Crippen LogP contribution in [0.2, 0.25) is 0 Å². The normalized spacial score (nSPS) is 17.5. The van der Waals surface area contributed by atoms with Crippen LogP contribution in [0.4, 0.5) is 0 Å². The smallest absolute Gasteiger partial charge is 0.134 e. The van der Waals surface area contributed by atoms with Crippen molar-refractivity contribution < 1.29 is 22.9 Å². The topological polar surface area (TPSA) is 0 Å². The SMILES string of the molecule is C1=C[CH]([Hf][CH]2C=Cc3ccccc32)c2ccccc21.Cl[Si](Cl)(c1ccccc1)c1ccccc1. The Hall–Kier alpha value is -1.97. The second kappa shape index (κ2) is 10.7. The molecule has 0 spiro atoms. The summed E-state index contributed by atoms with van der Waals surface area (Å²) in [6.45, 7) is -2.51. The van der Waals surface area contributed by atoms with E-state index >= 15 is 0 Å². The largest absolute Gasteiger partial charge is 0.310 e. The summed E-state index contributed by atoms with van der Waals surface area (Å²) in [6, 6.07) is 37.5. The maximum Gasteiger partial charge on any atom is 0.310 e. The fourth-order valence-corrected chi connectivity index (χ4v) is 13.6. The minimum absolute atomic E-state index is 0.761. The first-order valence-electron chi connectivity index (χ1n) is 11.4. The van der Waals surface area contributed by atoms with Crippen LogP contribution in [0.5, 0.6) is 0 Å². The number of allylic oxidation sites excluding steroid dienone is 2. The van der Waals surface area contributed by atoms with Gasteiger partial charge in [0.15, 0.2) is 0 Å². The molecular formula is C30H24Cl2HfSi. The Morgan fingerprint density at radius 1 is 0.500 bits per heavy atom. The zero-order valence-corrected chi connectivity index (χ0v) is 24.7. The third kappa shape index (κ3) is 5.16. The second-order valence-corrected chi connectivity index (χ2v) is 20.4. The van der Waals surface area contributed by atoms with E-state index in [1.807, 2.05) is 60.7 Å². The maximum absolute atomic E-state index is 6.49. The van der Waals surface area contributed by atoms with E-state index < -0.39 is 29.6 Å². The molecule has 0 heterocycles. The van der Waals surface area contributed by atoms with Gasteiger partial charge in [-0.25, -0.2) is 0 Å². The average Bonchev–Trinajstić information content (AvgIpc) is 3.50. The van der Waals surface area contributed by atoms with Crippen molar-refractivity contribution in [1.82, 2.24) is 0 Å². The summed E-state index contributed by atoms with van der Waals surface area (Å²) in [5, 5.41) is 2.05. The molecule has 2 aliphatic carbocycles. The maximum atomic E-state index is 6.49. The zero-order valence-electron chi connectivity index (χ0n) is 18.6. The summed E-state index contributed by atoms with van der Waals surface area (Å²) < 4.78 is 1.52. The van der Waals surface area contributed by atoms with Gasteiger partial charge >= 0.3 is 132 Å². The van der Waals surface area contributed by atoms with E-state index in [1.54, 1.807) is 11.1 Å². The summed E-state index contributed by atoms with van der Waals surface area (Å²) in [6.07, 6.45) is 9.53. The van der Waals surface area contributed by atoms with E-state index in [9.17, 15) is 0 Å². The van der Waals surface area contributed by atoms with Crippen LogP contribution in [0.25, 0.3) is 12.2 Å². The van der Waals surface area contributed by atoms with Crippen molar-refractivity contribution in [3.8, 4) is 0 Å². The van der Waals surface area contributed by atoms with Crippen LogP contribution in [0.3, 0.4) is 0 Å². The van der Waals surface area contributed by atoms with Crippen molar-refractivity contribution in [2.24, 2.45) is 0 Å². The molecule has 2 aliphatic rings. The average molecular weight is 662 g/mol. The van der Waals surface area contributed by atoms with Crippen LogP contribution in [-0.2, 0) is 22.9 Å². The Bertz CT molecular complexity index is 1210. The third-order valence-corrected chi connectivity index (χ3v) is 17.2. The molecule has 0 fully saturated rings. The van der Waals surface area contributed by atoms with E-state index in [4.69, 9.17) is 22.2 Å². The predicted octanol–water partition coefficient (Wildman–Crippen LogP) is 7.33. The van der Waals surface area contributed by atoms with Gasteiger partial charge in [-0.3, -0.25) is 0 Å². The van der Waals surface area contributed by atoms with Crippen molar-refractivity contribution in [2.45, 2.75) is 7.35 Å². The molecule has 4 heteroatoms. The van der Waals surface area contributed by atoms with Gasteiger partial charge < -0.3 is 0 Å². The first kappa shape index (κ1) is 23.8. The van der Waals surface area contributed by atoms with Gasteiger partial charge in [-0.05, 0) is 10.4 Å². The van der Waals surface area contributed by atoms with Gasteiger partial charge in [0.1, 0.15) is 0 Å². The van der Waals surface area contributed by atoms with Crippen molar-refractivity contribution >= 4 is 51.4 Å². The van der Waals surface area contributed by atoms with Crippen LogP contribution in [0, 0.1) is 0 Å². The van der Waals surface area contributed by atoms with E-state index in [0.717, 1.165) is 17.7 Å². The zero-order chi connectivity index (χ0) is 23.4. The molecule has 4 aromatic rings. The standard InChI is InChI=1S/C12H10Cl2Si.2C9H7.Hf/c13-15(14,11-7-3-1-4-8-11)12-9-5-2-6-10-12;2*1-2-5-9-7-3-6-8(9)4-1;/h1-10H;2*1-7H;. The first-order valence-corrected chi connectivity index (χ1v) is 19.6. The predicted molar refractivity (Wildman–Crippen MR) is 146 cm³/mol. The van der Waals surface area contributed by atoms with Gasteiger partial charge in [0.05, 0.1) is 0 Å². The molecule has 0 amide bonds. The summed E-state index contributed by atoms with van der Waals surface area (Å²) in [7, 11) is 0. The number of fused-ring (bicyclic) bond motifs is 2. The molecule has 166 valence electrons. The molecule has 6 rings (SSSR count). The molecule has 4 aromatic carbocycles. The van der Waals surface area contributed by atoms with E-state index in [1.165, 1.54) is 11.1 Å². The summed E-state index contributed by atoms with van der Waals surface area (Å²) in [5.41, 5.74) is 6.03. The number of benzene rings is 4. The van der Waals surface area contributed by atoms with E-state index in [-0.39, 0.29) is 0 Å². The number of hydrogen-bond donors (Lipinski definition) is 0. The molecule has 0 bridgehead atoms. The van der Waals surface area contributed by atoms with Crippen molar-refractivity contribution in [1.29, 1.82) is 0 Å². The summed E-state index contributed by atoms with van der Waals surface area (Å²) in [5.74, 6) is 0. The molecule has 2 atom stereocenters. The van der Waals surface area contributed by atoms with Gasteiger partial charge in [0, 0.05) is 0 Å². The van der Waals surface area contributed by atoms with Crippen molar-refractivity contribution in [3.63, 3.8) is 0 Å². The fourth-order valence-electron chi connectivity index (χ4n) is 4.44. The Kier molecular flexibility index (Phi) is 7.51. The minimum Gasteiger partial charge on any atom is -0.134 e. The molecule has 0 N–H and O–H groups in total. The van der Waals surface area contributed by atoms with Crippen LogP contribution in [-0.4, -0.2) is 6.69 Å². The number of halogens is 2. The van der Waals surface area contributed by atoms with Crippen LogP contribution in [0.15, 0.2) is 121 Å². The molecule has 0 saturated carbocycles. The van der Waals surface area contributed by atoms with Crippen molar-refractivity contribution in [3.05, 3.63) is 144 Å². The molecule has 0 aliphatic heterocycles. The molecule has 0 saturated heterocycles. The molecular weight excluding hydrogens is 638 g/mol. The van der Waals surface area contributed by atoms with E-state index in [2.05, 4.69) is 72.8 Å². The number of rotatable bonds is 4. The van der Waals surface area contributed by atoms with Gasteiger partial charge in [-0.2, -0.15) is 0 Å². The minimum atomic E-state index is -2.51. The van der Waals surface area contributed by atoms with Crippen LogP contribution in [0.1, 0.15) is 29.6 Å². The third-order valence-electron chi connectivity index (χ3n) is 6.23. The monoisotopic (exact) mass is 662 g/mol.